The number of benzene rings is 1. The van der Waals surface area contributed by atoms with Crippen LogP contribution in [0.25, 0.3) is 0 Å². The van der Waals surface area contributed by atoms with Gasteiger partial charge in [-0.25, -0.2) is 0 Å². The van der Waals surface area contributed by atoms with E-state index in [-0.39, 0.29) is 0 Å². The minimum atomic E-state index is 0.305. The lowest BCUT2D eigenvalue weighted by molar-refractivity contribution is 0.0317. The van der Waals surface area contributed by atoms with Crippen molar-refractivity contribution >= 4 is 11.6 Å². The maximum Gasteiger partial charge on any atom is 0.320 e. The minimum Gasteiger partial charge on any atom is -0.462 e. The molecule has 0 saturated carbocycles. The van der Waals surface area contributed by atoms with Crippen molar-refractivity contribution in [2.24, 2.45) is 10.2 Å². The average molecular weight is 429 g/mol. The average Bonchev–Trinajstić information content (AvgIpc) is 2.78. The molecule has 0 bridgehead atoms. The number of aromatic nitrogens is 2. The molecule has 0 atom stereocenters. The zero-order valence-corrected chi connectivity index (χ0v) is 18.7. The third-order valence-electron chi connectivity index (χ3n) is 4.95. The molecule has 9 heteroatoms. The van der Waals surface area contributed by atoms with Crippen LogP contribution in [0.3, 0.4) is 0 Å². The minimum absolute atomic E-state index is 0.305. The topological polar surface area (TPSA) is 84.7 Å². The molecule has 0 spiro atoms. The summed E-state index contributed by atoms with van der Waals surface area (Å²) in [5.41, 5.74) is 2.31. The van der Waals surface area contributed by atoms with Crippen LogP contribution < -0.4 is 9.64 Å². The van der Waals surface area contributed by atoms with Crippen molar-refractivity contribution in [3.8, 4) is 6.01 Å². The Balaban J connectivity index is 1.66. The number of likely N-dealkylation sites (N-methyl/N-ethyl adjacent to an activating group) is 1. The summed E-state index contributed by atoms with van der Waals surface area (Å²) in [4.78, 5) is 13.3. The number of anilines is 1. The molecule has 2 heterocycles. The summed E-state index contributed by atoms with van der Waals surface area (Å²) in [5, 5.41) is 8.65. The Kier molecular flexibility index (Phi) is 9.14. The molecule has 2 aromatic rings. The molecular formula is C22H32N6O3. The van der Waals surface area contributed by atoms with Gasteiger partial charge in [-0.3, -0.25) is 4.90 Å². The van der Waals surface area contributed by atoms with Crippen molar-refractivity contribution in [3.05, 3.63) is 41.5 Å². The van der Waals surface area contributed by atoms with E-state index in [9.17, 15) is 0 Å². The highest BCUT2D eigenvalue weighted by molar-refractivity contribution is 5.46. The second-order valence-corrected chi connectivity index (χ2v) is 7.47. The third-order valence-corrected chi connectivity index (χ3v) is 4.95. The van der Waals surface area contributed by atoms with E-state index >= 15 is 0 Å². The molecule has 0 N–H and O–H groups in total. The number of hydrogen-bond acceptors (Lipinski definition) is 9. The highest BCUT2D eigenvalue weighted by atomic mass is 16.5. The van der Waals surface area contributed by atoms with Crippen LogP contribution in [0.15, 0.2) is 40.6 Å². The van der Waals surface area contributed by atoms with E-state index in [1.807, 2.05) is 30.1 Å². The van der Waals surface area contributed by atoms with Crippen LogP contribution in [0.1, 0.15) is 11.1 Å². The summed E-state index contributed by atoms with van der Waals surface area (Å²) in [5.74, 6) is 1.20. The lowest BCUT2D eigenvalue weighted by Crippen LogP contribution is -2.38. The Morgan fingerprint density at radius 1 is 1.16 bits per heavy atom. The number of hydrogen-bond donors (Lipinski definition) is 0. The summed E-state index contributed by atoms with van der Waals surface area (Å²) in [7, 11) is 3.63. The number of morpholine rings is 1. The van der Waals surface area contributed by atoms with E-state index in [4.69, 9.17) is 14.2 Å². The van der Waals surface area contributed by atoms with Gasteiger partial charge in [-0.2, -0.15) is 15.1 Å². The largest absolute Gasteiger partial charge is 0.462 e. The van der Waals surface area contributed by atoms with Crippen molar-refractivity contribution in [1.82, 2.24) is 14.9 Å². The standard InChI is InChI=1S/C22H32N6O3/c1-18-5-4-6-19(15-18)17-23-26-20-16-21(27(2)7-11-29-3)25-22(24-20)31-14-10-28-8-12-30-13-9-28/h4-6,15-16H,7-14,17H2,1-3H3. The third kappa shape index (κ3) is 7.86. The number of azo groups is 1. The SMILES string of the molecule is COCCN(C)c1cc(N=NCc2cccc(C)c2)nc(OCCN2CCOCC2)n1. The first kappa shape index (κ1) is 23.1. The van der Waals surface area contributed by atoms with Gasteiger partial charge in [-0.15, -0.1) is 5.11 Å². The Bertz CT molecular complexity index is 842. The normalized spacial score (nSPS) is 14.8. The Hall–Kier alpha value is -2.62. The van der Waals surface area contributed by atoms with E-state index < -0.39 is 0 Å². The number of aryl methyl sites for hydroxylation is 1. The number of methoxy groups -OCH3 is 1. The number of nitrogens with zero attached hydrogens (tertiary/aromatic N) is 6. The van der Waals surface area contributed by atoms with E-state index in [1.54, 1.807) is 7.11 Å². The first-order valence-electron chi connectivity index (χ1n) is 10.6. The predicted molar refractivity (Wildman–Crippen MR) is 119 cm³/mol. The lowest BCUT2D eigenvalue weighted by atomic mass is 10.1. The fourth-order valence-electron chi connectivity index (χ4n) is 3.15. The number of ether oxygens (including phenoxy) is 3. The molecule has 0 amide bonds. The Morgan fingerprint density at radius 2 is 2.00 bits per heavy atom. The molecule has 31 heavy (non-hydrogen) atoms. The fourth-order valence-corrected chi connectivity index (χ4v) is 3.15. The summed E-state index contributed by atoms with van der Waals surface area (Å²) >= 11 is 0. The van der Waals surface area contributed by atoms with Gasteiger partial charge in [0.1, 0.15) is 12.4 Å². The monoisotopic (exact) mass is 428 g/mol. The maximum absolute atomic E-state index is 5.86. The molecule has 1 aromatic heterocycles. The molecule has 1 aliphatic heterocycles. The smallest absolute Gasteiger partial charge is 0.320 e. The van der Waals surface area contributed by atoms with Gasteiger partial charge in [0.15, 0.2) is 5.82 Å². The van der Waals surface area contributed by atoms with E-state index in [1.165, 1.54) is 5.56 Å². The molecule has 1 aromatic carbocycles. The van der Waals surface area contributed by atoms with Crippen molar-refractivity contribution in [2.45, 2.75) is 13.5 Å². The molecule has 3 rings (SSSR count). The first-order chi connectivity index (χ1) is 15.1. The molecule has 0 aliphatic carbocycles. The van der Waals surface area contributed by atoms with Crippen molar-refractivity contribution < 1.29 is 14.2 Å². The van der Waals surface area contributed by atoms with Crippen LogP contribution in [0.5, 0.6) is 6.01 Å². The van der Waals surface area contributed by atoms with Crippen LogP contribution in [-0.4, -0.2) is 81.6 Å². The number of rotatable bonds is 11. The summed E-state index contributed by atoms with van der Waals surface area (Å²) in [6.07, 6.45) is 0. The second-order valence-electron chi connectivity index (χ2n) is 7.47. The second kappa shape index (κ2) is 12.3. The van der Waals surface area contributed by atoms with Crippen LogP contribution in [-0.2, 0) is 16.0 Å². The molecular weight excluding hydrogens is 396 g/mol. The fraction of sp³-hybridized carbons (Fsp3) is 0.545. The highest BCUT2D eigenvalue weighted by Gasteiger charge is 2.12. The lowest BCUT2D eigenvalue weighted by Gasteiger charge is -2.26. The molecule has 0 radical (unpaired) electrons. The van der Waals surface area contributed by atoms with Crippen molar-refractivity contribution in [3.63, 3.8) is 0 Å². The van der Waals surface area contributed by atoms with Gasteiger partial charge in [-0.1, -0.05) is 29.8 Å². The Labute approximate surface area is 184 Å². The molecule has 1 aliphatic rings. The Morgan fingerprint density at radius 3 is 2.77 bits per heavy atom. The molecule has 1 fully saturated rings. The van der Waals surface area contributed by atoms with E-state index in [0.717, 1.165) is 44.2 Å². The summed E-state index contributed by atoms with van der Waals surface area (Å²) in [6, 6.07) is 10.3. The van der Waals surface area contributed by atoms with Crippen molar-refractivity contribution in [1.29, 1.82) is 0 Å². The molecule has 9 nitrogen and oxygen atoms in total. The highest BCUT2D eigenvalue weighted by Crippen LogP contribution is 2.21. The van der Waals surface area contributed by atoms with Gasteiger partial charge in [0, 0.05) is 46.4 Å². The van der Waals surface area contributed by atoms with Gasteiger partial charge in [0.2, 0.25) is 0 Å². The van der Waals surface area contributed by atoms with E-state index in [0.29, 0.717) is 38.1 Å². The first-order valence-corrected chi connectivity index (χ1v) is 10.6. The molecule has 1 saturated heterocycles. The summed E-state index contributed by atoms with van der Waals surface area (Å²) < 4.78 is 16.4. The van der Waals surface area contributed by atoms with Gasteiger partial charge in [-0.05, 0) is 12.5 Å². The quantitative estimate of drug-likeness (QED) is 0.509. The van der Waals surface area contributed by atoms with E-state index in [2.05, 4.69) is 44.2 Å². The molecule has 168 valence electrons. The molecule has 0 unspecified atom stereocenters. The zero-order chi connectivity index (χ0) is 21.9. The van der Waals surface area contributed by atoms with Crippen LogP contribution in [0, 0.1) is 6.92 Å². The van der Waals surface area contributed by atoms with Crippen LogP contribution in [0.4, 0.5) is 11.6 Å². The maximum atomic E-state index is 5.86. The van der Waals surface area contributed by atoms with Gasteiger partial charge >= 0.3 is 6.01 Å². The van der Waals surface area contributed by atoms with Gasteiger partial charge < -0.3 is 19.1 Å². The van der Waals surface area contributed by atoms with Gasteiger partial charge in [0.25, 0.3) is 0 Å². The van der Waals surface area contributed by atoms with Crippen LogP contribution >= 0.6 is 0 Å². The zero-order valence-electron chi connectivity index (χ0n) is 18.7. The predicted octanol–water partition coefficient (Wildman–Crippen LogP) is 2.86. The van der Waals surface area contributed by atoms with Crippen LogP contribution in [0.2, 0.25) is 0 Å². The summed E-state index contributed by atoms with van der Waals surface area (Å²) in [6.45, 7) is 8.53. The van der Waals surface area contributed by atoms with Crippen molar-refractivity contribution in [2.75, 3.05) is 71.7 Å². The van der Waals surface area contributed by atoms with Gasteiger partial charge in [0.05, 0.1) is 26.4 Å².